The average molecular weight is 587 g/mol. The maximum Gasteiger partial charge on any atom is 0.264 e. The Labute approximate surface area is 246 Å². The molecule has 0 bridgehead atoms. The molecule has 0 saturated carbocycles. The van der Waals surface area contributed by atoms with Crippen LogP contribution < -0.4 is 9.62 Å². The summed E-state index contributed by atoms with van der Waals surface area (Å²) in [7, 11) is -2.10. The van der Waals surface area contributed by atoms with Gasteiger partial charge in [0.15, 0.2) is 0 Å². The van der Waals surface area contributed by atoms with Crippen molar-refractivity contribution in [2.24, 2.45) is 0 Å². The van der Waals surface area contributed by atoms with Gasteiger partial charge in [-0.05, 0) is 85.3 Å². The highest BCUT2D eigenvalue weighted by Crippen LogP contribution is 2.34. The molecule has 42 heavy (non-hydrogen) atoms. The van der Waals surface area contributed by atoms with Crippen LogP contribution in [0.15, 0.2) is 77.7 Å². The third-order valence-corrected chi connectivity index (χ3v) is 10.5. The van der Waals surface area contributed by atoms with Gasteiger partial charge in [-0.3, -0.25) is 28.9 Å². The summed E-state index contributed by atoms with van der Waals surface area (Å²) in [6.45, 7) is 2.81. The van der Waals surface area contributed by atoms with Crippen LogP contribution in [-0.2, 0) is 32.7 Å². The molecule has 1 unspecified atom stereocenters. The Morgan fingerprint density at radius 2 is 1.67 bits per heavy atom. The fourth-order valence-electron chi connectivity index (χ4n) is 6.27. The molecule has 6 rings (SSSR count). The molecular formula is C32H34N4O5S. The van der Waals surface area contributed by atoms with Crippen LogP contribution in [0.2, 0.25) is 0 Å². The second kappa shape index (κ2) is 11.3. The SMILES string of the molecule is CN(c1ccccc1)S(=O)(=O)c1cccc(CN2CCC(c3ccc4c(c3)CN(C3CCC(=O)NC3=O)C4=O)CC2)c1. The number of sulfonamides is 1. The smallest absolute Gasteiger partial charge is 0.264 e. The van der Waals surface area contributed by atoms with E-state index in [1.807, 2.05) is 36.4 Å². The Balaban J connectivity index is 1.08. The van der Waals surface area contributed by atoms with E-state index in [1.54, 1.807) is 42.3 Å². The number of nitrogens with one attached hydrogen (secondary N) is 1. The van der Waals surface area contributed by atoms with Crippen molar-refractivity contribution in [3.05, 3.63) is 95.1 Å². The number of carbonyl (C=O) groups excluding carboxylic acids is 3. The number of amides is 3. The first kappa shape index (κ1) is 28.1. The Bertz CT molecular complexity index is 1630. The van der Waals surface area contributed by atoms with Gasteiger partial charge in [-0.1, -0.05) is 42.5 Å². The van der Waals surface area contributed by atoms with Crippen molar-refractivity contribution in [3.63, 3.8) is 0 Å². The standard InChI is InChI=1S/C32H34N4O5S/c1-34(26-7-3-2-4-8-26)42(40,41)27-9-5-6-22(18-27)20-35-16-14-23(15-17-35)24-10-11-28-25(19-24)21-36(32(28)39)29-12-13-30(37)33-31(29)38/h2-11,18-19,23,29H,12-17,20-21H2,1H3,(H,33,37,38). The molecule has 3 aliphatic heterocycles. The van der Waals surface area contributed by atoms with E-state index in [2.05, 4.69) is 16.3 Å². The lowest BCUT2D eigenvalue weighted by atomic mass is 9.87. The highest BCUT2D eigenvalue weighted by Gasteiger charge is 2.39. The summed E-state index contributed by atoms with van der Waals surface area (Å²) in [6.07, 6.45) is 2.51. The molecule has 3 aromatic rings. The zero-order chi connectivity index (χ0) is 29.4. The van der Waals surface area contributed by atoms with E-state index in [0.717, 1.165) is 37.1 Å². The molecule has 3 heterocycles. The Hall–Kier alpha value is -4.02. The second-order valence-corrected chi connectivity index (χ2v) is 13.3. The molecule has 9 nitrogen and oxygen atoms in total. The summed E-state index contributed by atoms with van der Waals surface area (Å²) < 4.78 is 27.9. The third-order valence-electron chi connectivity index (χ3n) is 8.69. The minimum Gasteiger partial charge on any atom is -0.322 e. The number of likely N-dealkylation sites (tertiary alicyclic amines) is 1. The van der Waals surface area contributed by atoms with Crippen LogP contribution in [0.1, 0.15) is 58.6 Å². The van der Waals surface area contributed by atoms with Crippen molar-refractivity contribution in [1.29, 1.82) is 0 Å². The van der Waals surface area contributed by atoms with Crippen LogP contribution in [0.4, 0.5) is 5.69 Å². The predicted octanol–water partition coefficient (Wildman–Crippen LogP) is 3.65. The number of nitrogens with zero attached hydrogens (tertiary/aromatic N) is 3. The van der Waals surface area contributed by atoms with Gasteiger partial charge in [-0.15, -0.1) is 0 Å². The monoisotopic (exact) mass is 586 g/mol. The normalized spacial score (nSPS) is 20.0. The number of fused-ring (bicyclic) bond motifs is 1. The number of para-hydroxylation sites is 1. The number of anilines is 1. The first-order valence-electron chi connectivity index (χ1n) is 14.3. The van der Waals surface area contributed by atoms with E-state index in [9.17, 15) is 22.8 Å². The average Bonchev–Trinajstić information content (AvgIpc) is 3.33. The van der Waals surface area contributed by atoms with E-state index in [-0.39, 0.29) is 23.1 Å². The molecule has 3 amide bonds. The van der Waals surface area contributed by atoms with Crippen LogP contribution in [0.5, 0.6) is 0 Å². The summed E-state index contributed by atoms with van der Waals surface area (Å²) in [5.74, 6) is -0.480. The lowest BCUT2D eigenvalue weighted by Crippen LogP contribution is -2.52. The van der Waals surface area contributed by atoms with Crippen molar-refractivity contribution in [2.75, 3.05) is 24.4 Å². The van der Waals surface area contributed by atoms with Crippen molar-refractivity contribution in [1.82, 2.24) is 15.1 Å². The maximum atomic E-state index is 13.3. The van der Waals surface area contributed by atoms with Crippen LogP contribution in [-0.4, -0.2) is 62.1 Å². The number of imide groups is 1. The van der Waals surface area contributed by atoms with Crippen LogP contribution in [0.25, 0.3) is 0 Å². The minimum absolute atomic E-state index is 0.153. The van der Waals surface area contributed by atoms with Crippen LogP contribution >= 0.6 is 0 Å². The lowest BCUT2D eigenvalue weighted by molar-refractivity contribution is -0.136. The number of carbonyl (C=O) groups is 3. The topological polar surface area (TPSA) is 107 Å². The van der Waals surface area contributed by atoms with Gasteiger partial charge in [0.2, 0.25) is 11.8 Å². The first-order chi connectivity index (χ1) is 20.2. The number of piperidine rings is 2. The largest absolute Gasteiger partial charge is 0.322 e. The predicted molar refractivity (Wildman–Crippen MR) is 158 cm³/mol. The molecule has 2 fully saturated rings. The molecule has 2 saturated heterocycles. The van der Waals surface area contributed by atoms with Crippen molar-refractivity contribution in [2.45, 2.75) is 55.6 Å². The summed E-state index contributed by atoms with van der Waals surface area (Å²) >= 11 is 0. The van der Waals surface area contributed by atoms with Gasteiger partial charge in [0.1, 0.15) is 6.04 Å². The van der Waals surface area contributed by atoms with Crippen LogP contribution in [0.3, 0.4) is 0 Å². The van der Waals surface area contributed by atoms with E-state index < -0.39 is 22.0 Å². The second-order valence-electron chi connectivity index (χ2n) is 11.3. The summed E-state index contributed by atoms with van der Waals surface area (Å²) in [5.41, 5.74) is 4.34. The third kappa shape index (κ3) is 5.44. The Morgan fingerprint density at radius 3 is 2.40 bits per heavy atom. The van der Waals surface area contributed by atoms with Gasteiger partial charge in [-0.2, -0.15) is 0 Å². The number of hydrogen-bond donors (Lipinski definition) is 1. The summed E-state index contributed by atoms with van der Waals surface area (Å²) in [5, 5.41) is 2.35. The van der Waals surface area contributed by atoms with E-state index in [0.29, 0.717) is 36.7 Å². The molecule has 0 radical (unpaired) electrons. The maximum absolute atomic E-state index is 13.3. The molecule has 0 spiro atoms. The number of rotatable bonds is 7. The van der Waals surface area contributed by atoms with E-state index in [1.165, 1.54) is 9.87 Å². The molecule has 0 aliphatic carbocycles. The highest BCUT2D eigenvalue weighted by molar-refractivity contribution is 7.92. The molecule has 10 heteroatoms. The molecule has 218 valence electrons. The first-order valence-corrected chi connectivity index (χ1v) is 15.8. The lowest BCUT2D eigenvalue weighted by Gasteiger charge is -2.32. The number of hydrogen-bond acceptors (Lipinski definition) is 6. The fraction of sp³-hybridized carbons (Fsp3) is 0.344. The molecule has 0 aromatic heterocycles. The van der Waals surface area contributed by atoms with Gasteiger partial charge in [-0.25, -0.2) is 8.42 Å². The van der Waals surface area contributed by atoms with Crippen molar-refractivity contribution in [3.8, 4) is 0 Å². The molecule has 3 aromatic carbocycles. The van der Waals surface area contributed by atoms with Crippen LogP contribution in [0, 0.1) is 0 Å². The Kier molecular flexibility index (Phi) is 7.59. The Morgan fingerprint density at radius 1 is 0.905 bits per heavy atom. The molecule has 1 atom stereocenters. The van der Waals surface area contributed by atoms with E-state index >= 15 is 0 Å². The summed E-state index contributed by atoms with van der Waals surface area (Å²) in [6, 6.07) is 21.6. The zero-order valence-electron chi connectivity index (χ0n) is 23.5. The highest BCUT2D eigenvalue weighted by atomic mass is 32.2. The van der Waals surface area contributed by atoms with Gasteiger partial charge in [0.25, 0.3) is 15.9 Å². The zero-order valence-corrected chi connectivity index (χ0v) is 24.3. The van der Waals surface area contributed by atoms with Gasteiger partial charge < -0.3 is 4.90 Å². The molecule has 3 aliphatic rings. The molecular weight excluding hydrogens is 552 g/mol. The van der Waals surface area contributed by atoms with Gasteiger partial charge in [0.05, 0.1) is 10.6 Å². The fourth-order valence-corrected chi connectivity index (χ4v) is 7.54. The number of benzene rings is 3. The quantitative estimate of drug-likeness (QED) is 0.424. The van der Waals surface area contributed by atoms with E-state index in [4.69, 9.17) is 0 Å². The van der Waals surface area contributed by atoms with Gasteiger partial charge >= 0.3 is 0 Å². The van der Waals surface area contributed by atoms with Crippen molar-refractivity contribution < 1.29 is 22.8 Å². The van der Waals surface area contributed by atoms with Gasteiger partial charge in [0, 0.05) is 32.1 Å². The minimum atomic E-state index is -3.68. The van der Waals surface area contributed by atoms with Crippen molar-refractivity contribution >= 4 is 33.4 Å². The molecule has 1 N–H and O–H groups in total. The summed E-state index contributed by atoms with van der Waals surface area (Å²) in [4.78, 5) is 41.2.